The highest BCUT2D eigenvalue weighted by molar-refractivity contribution is 8.00. The van der Waals surface area contributed by atoms with E-state index in [1.54, 1.807) is 29.6 Å². The molecule has 36 heavy (non-hydrogen) atoms. The number of aryl methyl sites for hydroxylation is 1. The van der Waals surface area contributed by atoms with Crippen LogP contribution in [0, 0.1) is 30.2 Å². The van der Waals surface area contributed by atoms with Crippen LogP contribution in [0.2, 0.25) is 0 Å². The molecule has 3 aromatic rings. The lowest BCUT2D eigenvalue weighted by Gasteiger charge is -2.14. The predicted molar refractivity (Wildman–Crippen MR) is 128 cm³/mol. The molecular formula is C23H16F7N3OS2. The van der Waals surface area contributed by atoms with E-state index in [2.05, 4.69) is 10.6 Å². The van der Waals surface area contributed by atoms with E-state index in [-0.39, 0.29) is 5.11 Å². The SMILES string of the molecule is Cc1ccc(NC(=S)Nc2cccc(SCC(=O)Nc3c(F)c(F)c(C(F)(F)F)c(F)c3F)c2)cc1. The molecular weight excluding hydrogens is 531 g/mol. The molecule has 0 radical (unpaired) electrons. The molecule has 3 aromatic carbocycles. The van der Waals surface area contributed by atoms with Crippen molar-refractivity contribution in [3.05, 3.63) is 82.9 Å². The van der Waals surface area contributed by atoms with Crippen molar-refractivity contribution in [1.82, 2.24) is 0 Å². The van der Waals surface area contributed by atoms with Crippen LogP contribution in [-0.4, -0.2) is 16.8 Å². The molecule has 1 amide bonds. The van der Waals surface area contributed by atoms with Crippen LogP contribution in [0.4, 0.5) is 47.8 Å². The zero-order chi connectivity index (χ0) is 26.6. The first kappa shape index (κ1) is 27.3. The van der Waals surface area contributed by atoms with Gasteiger partial charge in [0, 0.05) is 16.3 Å². The summed E-state index contributed by atoms with van der Waals surface area (Å²) in [6.07, 6.45) is -5.68. The van der Waals surface area contributed by atoms with Gasteiger partial charge in [-0.3, -0.25) is 4.79 Å². The molecule has 0 fully saturated rings. The fraction of sp³-hybridized carbons (Fsp3) is 0.130. The number of rotatable bonds is 6. The molecule has 0 aliphatic heterocycles. The molecule has 3 rings (SSSR count). The number of nitrogens with one attached hydrogen (secondary N) is 3. The number of anilines is 3. The van der Waals surface area contributed by atoms with E-state index in [1.165, 1.54) is 0 Å². The molecule has 0 heterocycles. The summed E-state index contributed by atoms with van der Waals surface area (Å²) in [6.45, 7) is 1.94. The van der Waals surface area contributed by atoms with Gasteiger partial charge in [0.15, 0.2) is 28.4 Å². The summed E-state index contributed by atoms with van der Waals surface area (Å²) in [7, 11) is 0. The fourth-order valence-electron chi connectivity index (χ4n) is 2.91. The zero-order valence-electron chi connectivity index (χ0n) is 18.2. The Morgan fingerprint density at radius 1 is 0.861 bits per heavy atom. The van der Waals surface area contributed by atoms with Gasteiger partial charge in [-0.05, 0) is 49.5 Å². The first-order valence-corrected chi connectivity index (χ1v) is 11.4. The number of benzene rings is 3. The Bertz CT molecular complexity index is 1270. The minimum atomic E-state index is -5.68. The first-order valence-electron chi connectivity index (χ1n) is 9.97. The quantitative estimate of drug-likeness (QED) is 0.133. The van der Waals surface area contributed by atoms with E-state index in [0.29, 0.717) is 10.6 Å². The third-order valence-corrected chi connectivity index (χ3v) is 5.78. The summed E-state index contributed by atoms with van der Waals surface area (Å²) in [5.74, 6) is -11.6. The van der Waals surface area contributed by atoms with Crippen molar-refractivity contribution >= 4 is 52.1 Å². The maximum atomic E-state index is 14.0. The summed E-state index contributed by atoms with van der Waals surface area (Å²) >= 11 is 6.15. The third kappa shape index (κ3) is 6.66. The number of hydrogen-bond donors (Lipinski definition) is 3. The van der Waals surface area contributed by atoms with E-state index >= 15 is 0 Å². The second kappa shape index (κ2) is 11.2. The highest BCUT2D eigenvalue weighted by Gasteiger charge is 2.42. The van der Waals surface area contributed by atoms with Crippen LogP contribution in [0.3, 0.4) is 0 Å². The van der Waals surface area contributed by atoms with Gasteiger partial charge in [-0.2, -0.15) is 13.2 Å². The Kier molecular flexibility index (Phi) is 8.46. The van der Waals surface area contributed by atoms with Crippen LogP contribution >= 0.6 is 24.0 Å². The van der Waals surface area contributed by atoms with E-state index in [1.807, 2.05) is 31.2 Å². The molecule has 0 bridgehead atoms. The molecule has 13 heteroatoms. The minimum Gasteiger partial charge on any atom is -0.332 e. The van der Waals surface area contributed by atoms with Crippen molar-refractivity contribution in [2.24, 2.45) is 0 Å². The number of hydrogen-bond acceptors (Lipinski definition) is 3. The van der Waals surface area contributed by atoms with Gasteiger partial charge in [-0.1, -0.05) is 23.8 Å². The van der Waals surface area contributed by atoms with E-state index in [4.69, 9.17) is 12.2 Å². The third-order valence-electron chi connectivity index (χ3n) is 4.58. The lowest BCUT2D eigenvalue weighted by atomic mass is 10.1. The van der Waals surface area contributed by atoms with Crippen LogP contribution in [0.15, 0.2) is 53.4 Å². The molecule has 0 spiro atoms. The monoisotopic (exact) mass is 547 g/mol. The Balaban J connectivity index is 1.63. The normalized spacial score (nSPS) is 11.2. The lowest BCUT2D eigenvalue weighted by Crippen LogP contribution is -2.21. The molecule has 0 aliphatic rings. The predicted octanol–water partition coefficient (Wildman–Crippen LogP) is 7.11. The van der Waals surface area contributed by atoms with Crippen molar-refractivity contribution in [2.45, 2.75) is 18.0 Å². The number of carbonyl (C=O) groups is 1. The fourth-order valence-corrected chi connectivity index (χ4v) is 3.90. The maximum absolute atomic E-state index is 14.0. The summed E-state index contributed by atoms with van der Waals surface area (Å²) in [5, 5.41) is 7.82. The number of amides is 1. The topological polar surface area (TPSA) is 53.2 Å². The van der Waals surface area contributed by atoms with Crippen molar-refractivity contribution in [1.29, 1.82) is 0 Å². The highest BCUT2D eigenvalue weighted by Crippen LogP contribution is 2.38. The van der Waals surface area contributed by atoms with Gasteiger partial charge in [-0.25, -0.2) is 17.6 Å². The largest absolute Gasteiger partial charge is 0.422 e. The Morgan fingerprint density at radius 3 is 2.03 bits per heavy atom. The molecule has 0 saturated heterocycles. The number of thioether (sulfide) groups is 1. The number of alkyl halides is 3. The van der Waals surface area contributed by atoms with Crippen molar-refractivity contribution in [3.63, 3.8) is 0 Å². The van der Waals surface area contributed by atoms with Crippen molar-refractivity contribution in [3.8, 4) is 0 Å². The van der Waals surface area contributed by atoms with Crippen molar-refractivity contribution < 1.29 is 35.5 Å². The van der Waals surface area contributed by atoms with E-state index in [9.17, 15) is 35.5 Å². The lowest BCUT2D eigenvalue weighted by molar-refractivity contribution is -0.143. The standard InChI is InChI=1S/C23H16F7N3OS2/c1-11-5-7-12(8-6-11)31-22(35)32-13-3-2-4-14(9-13)36-10-15(34)33-21-19(26)17(24)16(23(28,29)30)18(25)20(21)27/h2-9H,10H2,1H3,(H,33,34)(H2,31,32,35). The average molecular weight is 548 g/mol. The van der Waals surface area contributed by atoms with Gasteiger partial charge >= 0.3 is 6.18 Å². The van der Waals surface area contributed by atoms with Crippen LogP contribution in [0.5, 0.6) is 0 Å². The average Bonchev–Trinajstić information content (AvgIpc) is 2.80. The smallest absolute Gasteiger partial charge is 0.332 e. The molecule has 3 N–H and O–H groups in total. The number of halogens is 7. The Labute approximate surface area is 210 Å². The molecule has 0 aromatic heterocycles. The van der Waals surface area contributed by atoms with Crippen LogP contribution < -0.4 is 16.0 Å². The summed E-state index contributed by atoms with van der Waals surface area (Å²) in [4.78, 5) is 12.6. The minimum absolute atomic E-state index is 0.288. The van der Waals surface area contributed by atoms with Gasteiger partial charge in [0.05, 0.1) is 5.75 Å². The second-order valence-electron chi connectivity index (χ2n) is 7.31. The Morgan fingerprint density at radius 2 is 1.44 bits per heavy atom. The van der Waals surface area contributed by atoms with Gasteiger partial charge in [0.2, 0.25) is 5.91 Å². The molecule has 190 valence electrons. The van der Waals surface area contributed by atoms with Crippen LogP contribution in [0.1, 0.15) is 11.1 Å². The van der Waals surface area contributed by atoms with Gasteiger partial charge in [-0.15, -0.1) is 11.8 Å². The van der Waals surface area contributed by atoms with Crippen LogP contribution in [0.25, 0.3) is 0 Å². The van der Waals surface area contributed by atoms with E-state index in [0.717, 1.165) is 23.0 Å². The van der Waals surface area contributed by atoms with E-state index < -0.39 is 52.4 Å². The van der Waals surface area contributed by atoms with Gasteiger partial charge < -0.3 is 16.0 Å². The first-order chi connectivity index (χ1) is 16.9. The second-order valence-corrected chi connectivity index (χ2v) is 8.77. The zero-order valence-corrected chi connectivity index (χ0v) is 19.8. The maximum Gasteiger partial charge on any atom is 0.422 e. The molecule has 0 aliphatic carbocycles. The molecule has 0 unspecified atom stereocenters. The van der Waals surface area contributed by atoms with Crippen molar-refractivity contribution in [2.75, 3.05) is 21.7 Å². The highest BCUT2D eigenvalue weighted by atomic mass is 32.2. The molecule has 4 nitrogen and oxygen atoms in total. The summed E-state index contributed by atoms with van der Waals surface area (Å²) < 4.78 is 93.5. The van der Waals surface area contributed by atoms with Gasteiger partial charge in [0.1, 0.15) is 11.3 Å². The van der Waals surface area contributed by atoms with Gasteiger partial charge in [0.25, 0.3) is 0 Å². The molecule has 0 saturated carbocycles. The Hall–Kier alpha value is -3.32. The number of thiocarbonyl (C=S) groups is 1. The number of carbonyl (C=O) groups excluding carboxylic acids is 1. The summed E-state index contributed by atoms with van der Waals surface area (Å²) in [5.41, 5.74) is -1.98. The molecule has 0 atom stereocenters. The van der Waals surface area contributed by atoms with Crippen LogP contribution in [-0.2, 0) is 11.0 Å². The summed E-state index contributed by atoms with van der Waals surface area (Å²) in [6, 6.07) is 14.0.